The van der Waals surface area contributed by atoms with E-state index in [1.807, 2.05) is 20.2 Å². The lowest BCUT2D eigenvalue weighted by atomic mass is 10.0. The second-order valence-corrected chi connectivity index (χ2v) is 7.53. The van der Waals surface area contributed by atoms with Gasteiger partial charge in [0.15, 0.2) is 0 Å². The van der Waals surface area contributed by atoms with Gasteiger partial charge in [-0.05, 0) is 35.7 Å². The number of nitrogen functional groups attached to an aromatic ring is 1. The summed E-state index contributed by atoms with van der Waals surface area (Å²) in [6, 6.07) is 21.0. The molecule has 25 heavy (non-hydrogen) atoms. The van der Waals surface area contributed by atoms with Gasteiger partial charge in [-0.2, -0.15) is 0 Å². The summed E-state index contributed by atoms with van der Waals surface area (Å²) < 4.78 is 3.23. The van der Waals surface area contributed by atoms with Crippen molar-refractivity contribution in [3.05, 3.63) is 77.1 Å². The van der Waals surface area contributed by atoms with Crippen LogP contribution in [-0.4, -0.2) is 19.1 Å². The van der Waals surface area contributed by atoms with E-state index in [4.69, 9.17) is 10.7 Å². The van der Waals surface area contributed by atoms with E-state index < -0.39 is 0 Å². The van der Waals surface area contributed by atoms with Gasteiger partial charge in [0.2, 0.25) is 5.36 Å². The second-order valence-electron chi connectivity index (χ2n) is 6.44. The van der Waals surface area contributed by atoms with Crippen LogP contribution in [0.3, 0.4) is 0 Å². The molecule has 4 heteroatoms. The summed E-state index contributed by atoms with van der Waals surface area (Å²) in [6.07, 6.45) is 0.826. The van der Waals surface area contributed by atoms with Gasteiger partial charge in [-0.3, -0.25) is 0 Å². The average Bonchev–Trinajstić information content (AvgIpc) is 2.61. The molecular formula is C21H20N3S+. The molecule has 4 rings (SSSR count). The molecule has 1 aliphatic heterocycles. The fraction of sp³-hybridized carbons (Fsp3) is 0.143. The molecule has 1 heterocycles. The maximum Gasteiger partial charge on any atom is 0.201 e. The third kappa shape index (κ3) is 3.13. The number of hydrogen-bond acceptors (Lipinski definition) is 3. The Balaban J connectivity index is 1.86. The van der Waals surface area contributed by atoms with Crippen molar-refractivity contribution in [3.63, 3.8) is 0 Å². The highest BCUT2D eigenvalue weighted by molar-refractivity contribution is 7.21. The number of nitrogens with zero attached hydrogens (tertiary/aromatic N) is 2. The zero-order valence-corrected chi connectivity index (χ0v) is 15.2. The van der Waals surface area contributed by atoms with Crippen molar-refractivity contribution in [2.24, 2.45) is 0 Å². The molecule has 0 radical (unpaired) electrons. The van der Waals surface area contributed by atoms with Crippen molar-refractivity contribution in [2.45, 2.75) is 6.42 Å². The first-order valence-corrected chi connectivity index (χ1v) is 9.09. The van der Waals surface area contributed by atoms with Crippen molar-refractivity contribution in [3.8, 4) is 10.6 Å². The largest absolute Gasteiger partial charge is 0.398 e. The Kier molecular flexibility index (Phi) is 3.98. The van der Waals surface area contributed by atoms with E-state index in [1.165, 1.54) is 15.8 Å². The van der Waals surface area contributed by atoms with Crippen LogP contribution < -0.4 is 15.7 Å². The van der Waals surface area contributed by atoms with Gasteiger partial charge in [0, 0.05) is 17.8 Å². The van der Waals surface area contributed by atoms with Crippen LogP contribution >= 0.6 is 11.3 Å². The minimum absolute atomic E-state index is 0.826. The molecule has 0 aromatic heterocycles. The molecule has 0 atom stereocenters. The molecule has 2 aliphatic rings. The number of benzene rings is 3. The van der Waals surface area contributed by atoms with Crippen molar-refractivity contribution in [1.29, 1.82) is 0 Å². The summed E-state index contributed by atoms with van der Waals surface area (Å²) in [5.41, 5.74) is 11.6. The predicted octanol–water partition coefficient (Wildman–Crippen LogP) is 3.61. The normalized spacial score (nSPS) is 11.1. The lowest BCUT2D eigenvalue weighted by molar-refractivity contribution is 0.814. The molecule has 0 amide bonds. The highest BCUT2D eigenvalue weighted by atomic mass is 32.1. The first-order valence-electron chi connectivity index (χ1n) is 8.27. The van der Waals surface area contributed by atoms with Gasteiger partial charge in [-0.1, -0.05) is 30.3 Å². The van der Waals surface area contributed by atoms with Gasteiger partial charge in [0.05, 0.1) is 20.8 Å². The smallest absolute Gasteiger partial charge is 0.201 e. The number of nitrogens with two attached hydrogens (primary N) is 1. The molecule has 0 saturated carbocycles. The fourth-order valence-electron chi connectivity index (χ4n) is 2.97. The lowest BCUT2D eigenvalue weighted by Gasteiger charge is -2.10. The topological polar surface area (TPSA) is 41.9 Å². The minimum atomic E-state index is 0.826. The van der Waals surface area contributed by atoms with Crippen LogP contribution in [0.25, 0.3) is 20.8 Å². The molecule has 2 aromatic carbocycles. The third-order valence-corrected chi connectivity index (χ3v) is 5.47. The van der Waals surface area contributed by atoms with Crippen LogP contribution in [-0.2, 0) is 6.42 Å². The monoisotopic (exact) mass is 346 g/mol. The SMILES string of the molecule is C[N+](C)=c1ccc2nc3cc(Cc4ccccc4)c(N)cc3sc-2c1. The van der Waals surface area contributed by atoms with Gasteiger partial charge in [0.25, 0.3) is 0 Å². The van der Waals surface area contributed by atoms with Crippen LogP contribution in [0.5, 0.6) is 0 Å². The highest BCUT2D eigenvalue weighted by Crippen LogP contribution is 2.32. The molecule has 3 nitrogen and oxygen atoms in total. The minimum Gasteiger partial charge on any atom is -0.398 e. The number of fused-ring (bicyclic) bond motifs is 2. The molecule has 0 unspecified atom stereocenters. The van der Waals surface area contributed by atoms with E-state index >= 15 is 0 Å². The molecule has 124 valence electrons. The summed E-state index contributed by atoms with van der Waals surface area (Å²) in [5, 5.41) is 1.18. The van der Waals surface area contributed by atoms with E-state index in [0.29, 0.717) is 0 Å². The zero-order chi connectivity index (χ0) is 17.4. The van der Waals surface area contributed by atoms with E-state index in [1.54, 1.807) is 11.3 Å². The van der Waals surface area contributed by atoms with Crippen LogP contribution in [0.15, 0.2) is 60.7 Å². The second kappa shape index (κ2) is 6.30. The maximum absolute atomic E-state index is 6.33. The molecule has 0 saturated heterocycles. The molecule has 1 aliphatic carbocycles. The summed E-state index contributed by atoms with van der Waals surface area (Å²) in [4.78, 5) is 6.03. The van der Waals surface area contributed by atoms with Crippen LogP contribution in [0.4, 0.5) is 5.69 Å². The zero-order valence-electron chi connectivity index (χ0n) is 14.4. The Bertz CT molecular complexity index is 1090. The summed E-state index contributed by atoms with van der Waals surface area (Å²) in [5.74, 6) is 0. The molecule has 0 bridgehead atoms. The van der Waals surface area contributed by atoms with Gasteiger partial charge >= 0.3 is 0 Å². The Hall–Kier alpha value is -2.72. The van der Waals surface area contributed by atoms with Crippen LogP contribution in [0.2, 0.25) is 0 Å². The number of rotatable bonds is 2. The van der Waals surface area contributed by atoms with Gasteiger partial charge in [0.1, 0.15) is 14.1 Å². The molecule has 2 aromatic rings. The van der Waals surface area contributed by atoms with E-state index in [9.17, 15) is 0 Å². The van der Waals surface area contributed by atoms with Crippen molar-refractivity contribution in [2.75, 3.05) is 19.8 Å². The lowest BCUT2D eigenvalue weighted by Crippen LogP contribution is -2.21. The van der Waals surface area contributed by atoms with Crippen molar-refractivity contribution < 1.29 is 0 Å². The number of anilines is 1. The number of aromatic nitrogens is 1. The first-order chi connectivity index (χ1) is 12.1. The molecule has 2 N–H and O–H groups in total. The van der Waals surface area contributed by atoms with Crippen molar-refractivity contribution in [1.82, 2.24) is 9.56 Å². The van der Waals surface area contributed by atoms with Gasteiger partial charge < -0.3 is 5.73 Å². The Labute approximate surface area is 151 Å². The third-order valence-electron chi connectivity index (χ3n) is 4.38. The van der Waals surface area contributed by atoms with Gasteiger partial charge in [-0.25, -0.2) is 9.56 Å². The van der Waals surface area contributed by atoms with E-state index in [0.717, 1.165) is 33.6 Å². The predicted molar refractivity (Wildman–Crippen MR) is 107 cm³/mol. The quantitative estimate of drug-likeness (QED) is 0.342. The average molecular weight is 346 g/mol. The van der Waals surface area contributed by atoms with E-state index in [-0.39, 0.29) is 0 Å². The van der Waals surface area contributed by atoms with E-state index in [2.05, 4.69) is 59.2 Å². The Morgan fingerprint density at radius 2 is 1.80 bits per heavy atom. The first kappa shape index (κ1) is 15.8. The summed E-state index contributed by atoms with van der Waals surface area (Å²) >= 11 is 1.74. The molecule has 0 fully saturated rings. The standard InChI is InChI=1S/C21H19N3S/c1-24(2)16-8-9-18-20(12-16)25-21-13-17(22)15(11-19(21)23-18)10-14-6-4-3-5-7-14/h3-9,11-13,22H,10H2,1-2H3/p+1. The van der Waals surface area contributed by atoms with Crippen LogP contribution in [0, 0.1) is 0 Å². The van der Waals surface area contributed by atoms with Crippen LogP contribution in [0.1, 0.15) is 11.1 Å². The highest BCUT2D eigenvalue weighted by Gasteiger charge is 2.11. The Morgan fingerprint density at radius 3 is 2.56 bits per heavy atom. The summed E-state index contributed by atoms with van der Waals surface area (Å²) in [6.45, 7) is 0. The maximum atomic E-state index is 6.33. The Morgan fingerprint density at radius 1 is 1.00 bits per heavy atom. The fourth-order valence-corrected chi connectivity index (χ4v) is 4.00. The number of hydrogen-bond donors (Lipinski definition) is 1. The van der Waals surface area contributed by atoms with Gasteiger partial charge in [-0.15, -0.1) is 11.3 Å². The molecule has 0 spiro atoms. The summed E-state index contributed by atoms with van der Waals surface area (Å²) in [7, 11) is 4.10. The molecular weight excluding hydrogens is 326 g/mol. The van der Waals surface area contributed by atoms with Crippen molar-refractivity contribution >= 4 is 27.2 Å².